The first kappa shape index (κ1) is 13.2. The molecule has 0 fully saturated rings. The zero-order chi connectivity index (χ0) is 15.6. The Labute approximate surface area is 130 Å². The minimum absolute atomic E-state index is 0.204. The van der Waals surface area contributed by atoms with Gasteiger partial charge in [-0.05, 0) is 30.3 Å². The summed E-state index contributed by atoms with van der Waals surface area (Å²) in [7, 11) is 0. The number of hydrogen-bond donors (Lipinski definition) is 2. The molecule has 7 nitrogen and oxygen atoms in total. The monoisotopic (exact) mass is 305 g/mol. The van der Waals surface area contributed by atoms with Crippen LogP contribution in [-0.2, 0) is 0 Å². The van der Waals surface area contributed by atoms with Gasteiger partial charge in [0.25, 0.3) is 0 Å². The molecule has 0 radical (unpaired) electrons. The van der Waals surface area contributed by atoms with Gasteiger partial charge in [-0.2, -0.15) is 0 Å². The van der Waals surface area contributed by atoms with Crippen LogP contribution in [0.1, 0.15) is 0 Å². The molecular formula is C16H11N5O2. The fraction of sp³-hybridized carbons (Fsp3) is 0. The summed E-state index contributed by atoms with van der Waals surface area (Å²) in [5, 5.41) is 16.2. The van der Waals surface area contributed by atoms with E-state index in [4.69, 9.17) is 4.52 Å². The lowest BCUT2D eigenvalue weighted by Gasteiger charge is -2.05. The molecule has 1 aromatic carbocycles. The number of aromatic hydroxyl groups is 1. The van der Waals surface area contributed by atoms with Gasteiger partial charge >= 0.3 is 0 Å². The molecule has 3 aromatic heterocycles. The van der Waals surface area contributed by atoms with E-state index in [-0.39, 0.29) is 5.75 Å². The lowest BCUT2D eigenvalue weighted by molar-refractivity contribution is 0.423. The van der Waals surface area contributed by atoms with E-state index in [2.05, 4.69) is 25.4 Å². The van der Waals surface area contributed by atoms with Crippen LogP contribution in [-0.4, -0.2) is 25.2 Å². The Morgan fingerprint density at radius 2 is 1.83 bits per heavy atom. The maximum atomic E-state index is 9.36. The first-order chi connectivity index (χ1) is 11.3. The number of anilines is 2. The third-order valence-electron chi connectivity index (χ3n) is 3.27. The van der Waals surface area contributed by atoms with Gasteiger partial charge in [-0.1, -0.05) is 5.16 Å². The molecule has 0 spiro atoms. The van der Waals surface area contributed by atoms with Crippen LogP contribution in [0, 0.1) is 0 Å². The van der Waals surface area contributed by atoms with Gasteiger partial charge in [-0.15, -0.1) is 0 Å². The largest absolute Gasteiger partial charge is 0.508 e. The minimum Gasteiger partial charge on any atom is -0.508 e. The average molecular weight is 305 g/mol. The summed E-state index contributed by atoms with van der Waals surface area (Å²) >= 11 is 0. The molecule has 0 amide bonds. The van der Waals surface area contributed by atoms with Crippen LogP contribution in [0.2, 0.25) is 0 Å². The number of phenolic OH excluding ortho intramolecular Hbond substituents is 1. The number of aromatic nitrogens is 4. The van der Waals surface area contributed by atoms with Gasteiger partial charge in [0.05, 0.1) is 23.6 Å². The molecule has 0 bridgehead atoms. The molecule has 0 saturated heterocycles. The number of hydrogen-bond acceptors (Lipinski definition) is 7. The van der Waals surface area contributed by atoms with Gasteiger partial charge in [-0.25, -0.2) is 9.97 Å². The van der Waals surface area contributed by atoms with E-state index in [1.165, 1.54) is 6.26 Å². The molecule has 4 rings (SSSR count). The lowest BCUT2D eigenvalue weighted by Crippen LogP contribution is -1.95. The molecule has 3 heterocycles. The molecule has 23 heavy (non-hydrogen) atoms. The van der Waals surface area contributed by atoms with E-state index in [1.807, 2.05) is 6.07 Å². The molecule has 7 heteroatoms. The molecule has 2 N–H and O–H groups in total. The Kier molecular flexibility index (Phi) is 3.09. The molecule has 4 aromatic rings. The normalized spacial score (nSPS) is 10.8. The predicted molar refractivity (Wildman–Crippen MR) is 84.2 cm³/mol. The number of benzene rings is 1. The summed E-state index contributed by atoms with van der Waals surface area (Å²) < 4.78 is 4.78. The predicted octanol–water partition coefficient (Wildman–Crippen LogP) is 3.13. The fourth-order valence-electron chi connectivity index (χ4n) is 2.16. The van der Waals surface area contributed by atoms with Crippen LogP contribution in [0.25, 0.3) is 22.4 Å². The smallest absolute Gasteiger partial charge is 0.173 e. The number of rotatable bonds is 3. The Balaban J connectivity index is 1.73. The van der Waals surface area contributed by atoms with Crippen molar-refractivity contribution in [3.05, 3.63) is 55.1 Å². The van der Waals surface area contributed by atoms with Crippen molar-refractivity contribution in [2.75, 3.05) is 5.32 Å². The molecule has 0 aliphatic carbocycles. The maximum absolute atomic E-state index is 9.36. The first-order valence-corrected chi connectivity index (χ1v) is 6.87. The van der Waals surface area contributed by atoms with Crippen molar-refractivity contribution >= 4 is 22.5 Å². The third kappa shape index (κ3) is 2.67. The Hall–Kier alpha value is -3.48. The van der Waals surface area contributed by atoms with E-state index < -0.39 is 0 Å². The second kappa shape index (κ2) is 5.38. The molecule has 0 unspecified atom stereocenters. The number of nitrogens with zero attached hydrogens (tertiary/aromatic N) is 4. The molecular weight excluding hydrogens is 294 g/mol. The second-order valence-corrected chi connectivity index (χ2v) is 4.88. The number of nitrogens with one attached hydrogen (secondary N) is 1. The van der Waals surface area contributed by atoms with E-state index in [0.717, 1.165) is 11.3 Å². The van der Waals surface area contributed by atoms with E-state index in [9.17, 15) is 5.11 Å². The van der Waals surface area contributed by atoms with Crippen LogP contribution in [0.4, 0.5) is 11.5 Å². The summed E-state index contributed by atoms with van der Waals surface area (Å²) in [5.74, 6) is 1.37. The van der Waals surface area contributed by atoms with E-state index in [1.54, 1.807) is 42.7 Å². The summed E-state index contributed by atoms with van der Waals surface area (Å²) in [6.45, 7) is 0. The Morgan fingerprint density at radius 3 is 2.61 bits per heavy atom. The molecule has 112 valence electrons. The highest BCUT2D eigenvalue weighted by atomic mass is 16.5. The van der Waals surface area contributed by atoms with Crippen molar-refractivity contribution in [1.29, 1.82) is 0 Å². The van der Waals surface area contributed by atoms with Crippen LogP contribution < -0.4 is 5.32 Å². The van der Waals surface area contributed by atoms with Crippen molar-refractivity contribution in [2.24, 2.45) is 0 Å². The molecule has 0 aliphatic rings. The fourth-order valence-corrected chi connectivity index (χ4v) is 2.16. The quantitative estimate of drug-likeness (QED) is 0.600. The zero-order valence-corrected chi connectivity index (χ0v) is 11.8. The van der Waals surface area contributed by atoms with Gasteiger partial charge in [0, 0.05) is 11.6 Å². The van der Waals surface area contributed by atoms with Crippen molar-refractivity contribution in [3.8, 4) is 17.1 Å². The molecule has 0 aliphatic heterocycles. The van der Waals surface area contributed by atoms with Gasteiger partial charge in [-0.3, -0.25) is 4.98 Å². The zero-order valence-electron chi connectivity index (χ0n) is 11.8. The number of pyridine rings is 1. The van der Waals surface area contributed by atoms with E-state index >= 15 is 0 Å². The topological polar surface area (TPSA) is 97.0 Å². The van der Waals surface area contributed by atoms with Crippen LogP contribution in [0.3, 0.4) is 0 Å². The summed E-state index contributed by atoms with van der Waals surface area (Å²) in [6, 6.07) is 10.3. The standard InChI is InChI=1S/C16H11N5O2/c22-12-3-1-10(2-4-12)16-18-9-14-13(20-16)7-11(8-17-14)19-15-5-6-23-21-15/h1-9,22H,(H,19,21). The van der Waals surface area contributed by atoms with Crippen LogP contribution >= 0.6 is 0 Å². The summed E-state index contributed by atoms with van der Waals surface area (Å²) in [6.07, 6.45) is 4.84. The van der Waals surface area contributed by atoms with Gasteiger partial charge in [0.15, 0.2) is 11.6 Å². The Morgan fingerprint density at radius 1 is 0.957 bits per heavy atom. The minimum atomic E-state index is 0.204. The van der Waals surface area contributed by atoms with Crippen molar-refractivity contribution in [1.82, 2.24) is 20.1 Å². The van der Waals surface area contributed by atoms with E-state index in [0.29, 0.717) is 22.7 Å². The van der Waals surface area contributed by atoms with Gasteiger partial charge < -0.3 is 14.9 Å². The number of fused-ring (bicyclic) bond motifs is 1. The van der Waals surface area contributed by atoms with Crippen LogP contribution in [0.15, 0.2) is 59.6 Å². The molecule has 0 saturated carbocycles. The van der Waals surface area contributed by atoms with Crippen molar-refractivity contribution < 1.29 is 9.63 Å². The third-order valence-corrected chi connectivity index (χ3v) is 3.27. The first-order valence-electron chi connectivity index (χ1n) is 6.87. The highest BCUT2D eigenvalue weighted by molar-refractivity contribution is 5.79. The highest BCUT2D eigenvalue weighted by Gasteiger charge is 2.06. The van der Waals surface area contributed by atoms with Crippen molar-refractivity contribution in [2.45, 2.75) is 0 Å². The average Bonchev–Trinajstić information content (AvgIpc) is 3.08. The van der Waals surface area contributed by atoms with Gasteiger partial charge in [0.2, 0.25) is 0 Å². The maximum Gasteiger partial charge on any atom is 0.173 e. The summed E-state index contributed by atoms with van der Waals surface area (Å²) in [4.78, 5) is 13.2. The Bertz CT molecular complexity index is 952. The second-order valence-electron chi connectivity index (χ2n) is 4.88. The van der Waals surface area contributed by atoms with Crippen LogP contribution in [0.5, 0.6) is 5.75 Å². The highest BCUT2D eigenvalue weighted by Crippen LogP contribution is 2.22. The number of phenols is 1. The lowest BCUT2D eigenvalue weighted by atomic mass is 10.2. The SMILES string of the molecule is Oc1ccc(-c2ncc3ncc(Nc4ccon4)cc3n2)cc1. The molecule has 0 atom stereocenters. The van der Waals surface area contributed by atoms with Gasteiger partial charge in [0.1, 0.15) is 17.5 Å². The van der Waals surface area contributed by atoms with Crippen molar-refractivity contribution in [3.63, 3.8) is 0 Å². The summed E-state index contributed by atoms with van der Waals surface area (Å²) in [5.41, 5.74) is 2.97.